The van der Waals surface area contributed by atoms with E-state index in [1.54, 1.807) is 24.0 Å². The van der Waals surface area contributed by atoms with Crippen LogP contribution in [0.15, 0.2) is 22.8 Å². The average Bonchev–Trinajstić information content (AvgIpc) is 2.85. The number of hydrogen-bond acceptors (Lipinski definition) is 3. The highest BCUT2D eigenvalue weighted by molar-refractivity contribution is 9.10. The van der Waals surface area contributed by atoms with Gasteiger partial charge in [-0.15, -0.1) is 5.10 Å². The Balaban J connectivity index is 2.47. The summed E-state index contributed by atoms with van der Waals surface area (Å²) in [5, 5.41) is 11.0. The predicted molar refractivity (Wildman–Crippen MR) is 75.2 cm³/mol. The molecule has 0 amide bonds. The first kappa shape index (κ1) is 15.1. The van der Waals surface area contributed by atoms with Crippen LogP contribution < -0.4 is 5.32 Å². The molecule has 2 rings (SSSR count). The van der Waals surface area contributed by atoms with Gasteiger partial charge >= 0.3 is 0 Å². The number of aromatic nitrogens is 3. The third-order valence-corrected chi connectivity index (χ3v) is 3.83. The number of benzene rings is 1. The molecule has 2 aromatic rings. The van der Waals surface area contributed by atoms with E-state index in [1.165, 1.54) is 0 Å². The number of halogens is 3. The second-order valence-corrected chi connectivity index (χ2v) is 5.23. The normalized spacial score (nSPS) is 12.7. The van der Waals surface area contributed by atoms with E-state index in [-0.39, 0.29) is 10.5 Å². The van der Waals surface area contributed by atoms with Crippen molar-refractivity contribution in [2.45, 2.75) is 19.4 Å². The minimum absolute atomic E-state index is 0.118. The van der Waals surface area contributed by atoms with Crippen LogP contribution in [0.1, 0.15) is 30.6 Å². The molecule has 1 aromatic heterocycles. The number of nitrogens with zero attached hydrogens (tertiary/aromatic N) is 3. The van der Waals surface area contributed by atoms with E-state index in [4.69, 9.17) is 0 Å². The highest BCUT2D eigenvalue weighted by atomic mass is 79.9. The van der Waals surface area contributed by atoms with Gasteiger partial charge in [-0.05, 0) is 40.5 Å². The summed E-state index contributed by atoms with van der Waals surface area (Å²) in [5.41, 5.74) is 1.40. The minimum atomic E-state index is -0.888. The molecule has 108 valence electrons. The Bertz CT molecular complexity index is 600. The highest BCUT2D eigenvalue weighted by Gasteiger charge is 2.22. The maximum atomic E-state index is 13.7. The number of nitrogens with one attached hydrogen (secondary N) is 1. The SMILES string of the molecule is CCCNC(c1ccc(F)c(F)c1Br)c1cnnn1C. The third kappa shape index (κ3) is 2.88. The van der Waals surface area contributed by atoms with Gasteiger partial charge in [0.25, 0.3) is 0 Å². The van der Waals surface area contributed by atoms with E-state index >= 15 is 0 Å². The first-order valence-corrected chi connectivity index (χ1v) is 7.07. The quantitative estimate of drug-likeness (QED) is 0.848. The van der Waals surface area contributed by atoms with Crippen molar-refractivity contribution in [3.63, 3.8) is 0 Å². The van der Waals surface area contributed by atoms with Crippen LogP contribution in [0.2, 0.25) is 0 Å². The molecule has 0 radical (unpaired) electrons. The van der Waals surface area contributed by atoms with Gasteiger partial charge in [-0.3, -0.25) is 4.68 Å². The highest BCUT2D eigenvalue weighted by Crippen LogP contribution is 2.31. The summed E-state index contributed by atoms with van der Waals surface area (Å²) in [6.45, 7) is 2.77. The van der Waals surface area contributed by atoms with Gasteiger partial charge in [0.2, 0.25) is 0 Å². The fourth-order valence-corrected chi connectivity index (χ4v) is 2.54. The molecule has 1 unspecified atom stereocenters. The summed E-state index contributed by atoms with van der Waals surface area (Å²) in [6, 6.07) is 2.38. The lowest BCUT2D eigenvalue weighted by Gasteiger charge is -2.20. The lowest BCUT2D eigenvalue weighted by atomic mass is 10.0. The molecule has 4 nitrogen and oxygen atoms in total. The Morgan fingerprint density at radius 2 is 2.15 bits per heavy atom. The Hall–Kier alpha value is -1.34. The molecular weight excluding hydrogens is 330 g/mol. The molecule has 7 heteroatoms. The summed E-state index contributed by atoms with van der Waals surface area (Å²) in [6.07, 6.45) is 2.53. The Kier molecular flexibility index (Phi) is 4.82. The minimum Gasteiger partial charge on any atom is -0.305 e. The lowest BCUT2D eigenvalue weighted by Crippen LogP contribution is -2.26. The molecule has 0 saturated heterocycles. The largest absolute Gasteiger partial charge is 0.305 e. The Labute approximate surface area is 124 Å². The zero-order chi connectivity index (χ0) is 14.7. The van der Waals surface area contributed by atoms with E-state index in [2.05, 4.69) is 31.6 Å². The maximum absolute atomic E-state index is 13.7. The van der Waals surface area contributed by atoms with Crippen molar-refractivity contribution in [2.24, 2.45) is 7.05 Å². The molecule has 0 aliphatic heterocycles. The molecular formula is C13H15BrF2N4. The smallest absolute Gasteiger partial charge is 0.173 e. The average molecular weight is 345 g/mol. The van der Waals surface area contributed by atoms with Crippen LogP contribution in [0, 0.1) is 11.6 Å². The van der Waals surface area contributed by atoms with E-state index in [9.17, 15) is 8.78 Å². The van der Waals surface area contributed by atoms with Gasteiger partial charge in [-0.2, -0.15) is 0 Å². The van der Waals surface area contributed by atoms with Crippen molar-refractivity contribution in [1.29, 1.82) is 0 Å². The van der Waals surface area contributed by atoms with E-state index < -0.39 is 11.6 Å². The topological polar surface area (TPSA) is 42.7 Å². The van der Waals surface area contributed by atoms with Crippen LogP contribution in [0.25, 0.3) is 0 Å². The summed E-state index contributed by atoms with van der Waals surface area (Å²) in [7, 11) is 1.76. The van der Waals surface area contributed by atoms with Crippen LogP contribution in [0.3, 0.4) is 0 Å². The van der Waals surface area contributed by atoms with Crippen molar-refractivity contribution in [1.82, 2.24) is 20.3 Å². The van der Waals surface area contributed by atoms with Gasteiger partial charge in [0.15, 0.2) is 11.6 Å². The first-order chi connectivity index (χ1) is 9.56. The predicted octanol–water partition coefficient (Wildman–Crippen LogP) is 2.94. The fraction of sp³-hybridized carbons (Fsp3) is 0.385. The van der Waals surface area contributed by atoms with Gasteiger partial charge in [0.1, 0.15) is 0 Å². The van der Waals surface area contributed by atoms with Gasteiger partial charge in [0, 0.05) is 7.05 Å². The van der Waals surface area contributed by atoms with Gasteiger partial charge in [-0.25, -0.2) is 8.78 Å². The van der Waals surface area contributed by atoms with Crippen LogP contribution >= 0.6 is 15.9 Å². The maximum Gasteiger partial charge on any atom is 0.173 e. The third-order valence-electron chi connectivity index (χ3n) is 3.02. The van der Waals surface area contributed by atoms with Gasteiger partial charge in [-0.1, -0.05) is 18.2 Å². The molecule has 0 bridgehead atoms. The van der Waals surface area contributed by atoms with E-state index in [1.807, 2.05) is 6.92 Å². The van der Waals surface area contributed by atoms with Gasteiger partial charge < -0.3 is 5.32 Å². The molecule has 0 saturated carbocycles. The molecule has 0 aliphatic rings. The molecule has 0 aliphatic carbocycles. The second kappa shape index (κ2) is 6.41. The molecule has 1 N–H and O–H groups in total. The number of hydrogen-bond donors (Lipinski definition) is 1. The summed E-state index contributed by atoms with van der Waals surface area (Å²) < 4.78 is 28.7. The molecule has 0 fully saturated rings. The lowest BCUT2D eigenvalue weighted by molar-refractivity contribution is 0.494. The Morgan fingerprint density at radius 1 is 1.40 bits per heavy atom. The zero-order valence-corrected chi connectivity index (χ0v) is 12.8. The summed E-state index contributed by atoms with van der Waals surface area (Å²) in [5.74, 6) is -1.76. The summed E-state index contributed by atoms with van der Waals surface area (Å²) in [4.78, 5) is 0. The van der Waals surface area contributed by atoms with E-state index in [0.717, 1.165) is 24.7 Å². The van der Waals surface area contributed by atoms with Crippen molar-refractivity contribution in [3.8, 4) is 0 Å². The number of aryl methyl sites for hydroxylation is 1. The van der Waals surface area contributed by atoms with Gasteiger partial charge in [0.05, 0.1) is 22.4 Å². The van der Waals surface area contributed by atoms with Crippen molar-refractivity contribution in [3.05, 3.63) is 45.7 Å². The molecule has 0 spiro atoms. The molecule has 1 aromatic carbocycles. The Morgan fingerprint density at radius 3 is 2.75 bits per heavy atom. The molecule has 20 heavy (non-hydrogen) atoms. The zero-order valence-electron chi connectivity index (χ0n) is 11.2. The first-order valence-electron chi connectivity index (χ1n) is 6.27. The standard InChI is InChI=1S/C13H15BrF2N4/c1-3-6-17-13(10-7-18-19-20(10)2)8-4-5-9(15)12(16)11(8)14/h4-5,7,13,17H,3,6H2,1-2H3. The van der Waals surface area contributed by atoms with Crippen LogP contribution in [0.5, 0.6) is 0 Å². The molecule has 1 atom stereocenters. The molecule has 1 heterocycles. The van der Waals surface area contributed by atoms with E-state index in [0.29, 0.717) is 5.56 Å². The van der Waals surface area contributed by atoms with Crippen molar-refractivity contribution < 1.29 is 8.78 Å². The fourth-order valence-electron chi connectivity index (χ4n) is 1.99. The number of rotatable bonds is 5. The van der Waals surface area contributed by atoms with Crippen LogP contribution in [-0.4, -0.2) is 21.5 Å². The summed E-state index contributed by atoms with van der Waals surface area (Å²) >= 11 is 3.13. The second-order valence-electron chi connectivity index (χ2n) is 4.43. The van der Waals surface area contributed by atoms with Crippen molar-refractivity contribution in [2.75, 3.05) is 6.54 Å². The van der Waals surface area contributed by atoms with Crippen LogP contribution in [-0.2, 0) is 7.05 Å². The monoisotopic (exact) mass is 344 g/mol. The van der Waals surface area contributed by atoms with Crippen molar-refractivity contribution >= 4 is 15.9 Å². The van der Waals surface area contributed by atoms with Crippen LogP contribution in [0.4, 0.5) is 8.78 Å².